The molecule has 1 aliphatic heterocycles. The van der Waals surface area contributed by atoms with E-state index in [1.807, 2.05) is 11.9 Å². The van der Waals surface area contributed by atoms with E-state index in [9.17, 15) is 4.79 Å². The Morgan fingerprint density at radius 2 is 1.86 bits per heavy atom. The maximum atomic E-state index is 12.3. The van der Waals surface area contributed by atoms with Crippen LogP contribution in [0.5, 0.6) is 0 Å². The van der Waals surface area contributed by atoms with Gasteiger partial charge >= 0.3 is 0 Å². The number of likely N-dealkylation sites (tertiary alicyclic amines) is 1. The maximum Gasteiger partial charge on any atom is 0.226 e. The summed E-state index contributed by atoms with van der Waals surface area (Å²) in [6, 6.07) is 8.28. The minimum Gasteiger partial charge on any atom is -0.342 e. The number of aryl methyl sites for hydroxylation is 1. The summed E-state index contributed by atoms with van der Waals surface area (Å²) < 4.78 is 0. The van der Waals surface area contributed by atoms with Crippen molar-refractivity contribution >= 4 is 18.3 Å². The molecule has 1 amide bonds. The van der Waals surface area contributed by atoms with Crippen LogP contribution in [0.3, 0.4) is 0 Å². The Bertz CT molecular complexity index is 425. The van der Waals surface area contributed by atoms with E-state index in [1.165, 1.54) is 12.0 Å². The van der Waals surface area contributed by atoms with E-state index in [2.05, 4.69) is 36.5 Å². The molecule has 1 fully saturated rings. The van der Waals surface area contributed by atoms with Gasteiger partial charge in [0.2, 0.25) is 5.91 Å². The third-order valence-electron chi connectivity index (χ3n) is 4.25. The van der Waals surface area contributed by atoms with Crippen LogP contribution in [0.25, 0.3) is 0 Å². The van der Waals surface area contributed by atoms with E-state index in [0.717, 1.165) is 44.0 Å². The molecule has 0 saturated carbocycles. The Morgan fingerprint density at radius 1 is 1.24 bits per heavy atom. The zero-order valence-electron chi connectivity index (χ0n) is 13.1. The highest BCUT2D eigenvalue weighted by atomic mass is 35.5. The number of hydrogen-bond donors (Lipinski definition) is 1. The second-order valence-electron chi connectivity index (χ2n) is 5.88. The summed E-state index contributed by atoms with van der Waals surface area (Å²) in [5.74, 6) is 1.06. The molecule has 0 aliphatic carbocycles. The minimum atomic E-state index is 0. The molecule has 2 rings (SSSR count). The maximum absolute atomic E-state index is 12.3. The predicted molar refractivity (Wildman–Crippen MR) is 90.0 cm³/mol. The molecular weight excluding hydrogens is 284 g/mol. The monoisotopic (exact) mass is 310 g/mol. The predicted octanol–water partition coefficient (Wildman–Crippen LogP) is 2.81. The second-order valence-corrected chi connectivity index (χ2v) is 5.88. The molecule has 1 aromatic rings. The molecule has 118 valence electrons. The SMILES string of the molecule is CNCCC1CCN(C(=O)Cc2ccc(C)cc2)CC1.Cl. The summed E-state index contributed by atoms with van der Waals surface area (Å²) in [6.45, 7) is 5.02. The lowest BCUT2D eigenvalue weighted by molar-refractivity contribution is -0.131. The van der Waals surface area contributed by atoms with Gasteiger partial charge < -0.3 is 10.2 Å². The number of benzene rings is 1. The third-order valence-corrected chi connectivity index (χ3v) is 4.25. The highest BCUT2D eigenvalue weighted by molar-refractivity contribution is 5.85. The van der Waals surface area contributed by atoms with Gasteiger partial charge in [0.05, 0.1) is 6.42 Å². The first-order chi connectivity index (χ1) is 9.69. The number of hydrogen-bond acceptors (Lipinski definition) is 2. The van der Waals surface area contributed by atoms with Gasteiger partial charge in [0, 0.05) is 13.1 Å². The van der Waals surface area contributed by atoms with Crippen molar-refractivity contribution in [3.8, 4) is 0 Å². The van der Waals surface area contributed by atoms with E-state index in [0.29, 0.717) is 6.42 Å². The van der Waals surface area contributed by atoms with E-state index >= 15 is 0 Å². The molecule has 1 aliphatic rings. The van der Waals surface area contributed by atoms with Crippen LogP contribution >= 0.6 is 12.4 Å². The van der Waals surface area contributed by atoms with Gasteiger partial charge in [0.1, 0.15) is 0 Å². The van der Waals surface area contributed by atoms with Gasteiger partial charge in [-0.25, -0.2) is 0 Å². The van der Waals surface area contributed by atoms with Crippen LogP contribution in [-0.2, 0) is 11.2 Å². The van der Waals surface area contributed by atoms with Crippen LogP contribution in [0.2, 0.25) is 0 Å². The van der Waals surface area contributed by atoms with Crippen molar-refractivity contribution in [2.75, 3.05) is 26.7 Å². The zero-order valence-corrected chi connectivity index (χ0v) is 13.9. The number of carbonyl (C=O) groups excluding carboxylic acids is 1. The number of rotatable bonds is 5. The molecule has 1 heterocycles. The number of nitrogens with zero attached hydrogens (tertiary/aromatic N) is 1. The topological polar surface area (TPSA) is 32.3 Å². The summed E-state index contributed by atoms with van der Waals surface area (Å²) in [5.41, 5.74) is 2.37. The summed E-state index contributed by atoms with van der Waals surface area (Å²) >= 11 is 0. The Labute approximate surface area is 134 Å². The molecule has 0 aromatic heterocycles. The highest BCUT2D eigenvalue weighted by Crippen LogP contribution is 2.20. The largest absolute Gasteiger partial charge is 0.342 e. The summed E-state index contributed by atoms with van der Waals surface area (Å²) in [6.07, 6.45) is 4.08. The summed E-state index contributed by atoms with van der Waals surface area (Å²) in [5, 5.41) is 3.21. The van der Waals surface area contributed by atoms with E-state index in [4.69, 9.17) is 0 Å². The minimum absolute atomic E-state index is 0. The van der Waals surface area contributed by atoms with E-state index in [1.54, 1.807) is 0 Å². The number of amides is 1. The molecule has 4 heteroatoms. The Hall–Kier alpha value is -1.06. The summed E-state index contributed by atoms with van der Waals surface area (Å²) in [7, 11) is 2.00. The van der Waals surface area contributed by atoms with Crippen LogP contribution in [0, 0.1) is 12.8 Å². The van der Waals surface area contributed by atoms with Crippen molar-refractivity contribution in [2.45, 2.75) is 32.6 Å². The number of carbonyl (C=O) groups is 1. The van der Waals surface area contributed by atoms with Gasteiger partial charge in [-0.3, -0.25) is 4.79 Å². The molecule has 0 atom stereocenters. The van der Waals surface area contributed by atoms with Gasteiger partial charge in [-0.2, -0.15) is 0 Å². The number of nitrogens with one attached hydrogen (secondary N) is 1. The average molecular weight is 311 g/mol. The van der Waals surface area contributed by atoms with Crippen molar-refractivity contribution in [1.29, 1.82) is 0 Å². The Morgan fingerprint density at radius 3 is 2.43 bits per heavy atom. The summed E-state index contributed by atoms with van der Waals surface area (Å²) in [4.78, 5) is 14.3. The molecule has 1 aromatic carbocycles. The Balaban J connectivity index is 0.00000220. The lowest BCUT2D eigenvalue weighted by atomic mass is 9.93. The Kier molecular flexibility index (Phi) is 7.76. The number of halogens is 1. The molecule has 0 spiro atoms. The van der Waals surface area contributed by atoms with Gasteiger partial charge in [0.15, 0.2) is 0 Å². The van der Waals surface area contributed by atoms with Crippen molar-refractivity contribution in [1.82, 2.24) is 10.2 Å². The van der Waals surface area contributed by atoms with Crippen LogP contribution in [-0.4, -0.2) is 37.5 Å². The van der Waals surface area contributed by atoms with Gasteiger partial charge in [-0.1, -0.05) is 29.8 Å². The molecule has 1 N–H and O–H groups in total. The van der Waals surface area contributed by atoms with Crippen molar-refractivity contribution in [2.24, 2.45) is 5.92 Å². The third kappa shape index (κ3) is 5.68. The quantitative estimate of drug-likeness (QED) is 0.907. The smallest absolute Gasteiger partial charge is 0.226 e. The van der Waals surface area contributed by atoms with Crippen LogP contribution in [0.1, 0.15) is 30.4 Å². The highest BCUT2D eigenvalue weighted by Gasteiger charge is 2.22. The van der Waals surface area contributed by atoms with E-state index in [-0.39, 0.29) is 18.3 Å². The van der Waals surface area contributed by atoms with Crippen LogP contribution in [0.4, 0.5) is 0 Å². The lowest BCUT2D eigenvalue weighted by Crippen LogP contribution is -2.39. The fourth-order valence-electron chi connectivity index (χ4n) is 2.81. The normalized spacial score (nSPS) is 15.6. The molecule has 3 nitrogen and oxygen atoms in total. The molecular formula is C17H27ClN2O. The lowest BCUT2D eigenvalue weighted by Gasteiger charge is -2.32. The first kappa shape index (κ1) is 18.0. The van der Waals surface area contributed by atoms with Crippen molar-refractivity contribution in [3.05, 3.63) is 35.4 Å². The van der Waals surface area contributed by atoms with Crippen LogP contribution < -0.4 is 5.32 Å². The first-order valence-electron chi connectivity index (χ1n) is 7.67. The molecule has 0 radical (unpaired) electrons. The van der Waals surface area contributed by atoms with Gasteiger partial charge in [-0.15, -0.1) is 12.4 Å². The van der Waals surface area contributed by atoms with Gasteiger partial charge in [-0.05, 0) is 51.3 Å². The molecule has 0 unspecified atom stereocenters. The van der Waals surface area contributed by atoms with Crippen LogP contribution in [0.15, 0.2) is 24.3 Å². The molecule has 0 bridgehead atoms. The zero-order chi connectivity index (χ0) is 14.4. The molecule has 1 saturated heterocycles. The second kappa shape index (κ2) is 9.06. The molecule has 21 heavy (non-hydrogen) atoms. The van der Waals surface area contributed by atoms with Crippen molar-refractivity contribution < 1.29 is 4.79 Å². The first-order valence-corrected chi connectivity index (χ1v) is 7.67. The fourth-order valence-corrected chi connectivity index (χ4v) is 2.81. The fraction of sp³-hybridized carbons (Fsp3) is 0.588. The van der Waals surface area contributed by atoms with Gasteiger partial charge in [0.25, 0.3) is 0 Å². The standard InChI is InChI=1S/C17H26N2O.ClH/c1-14-3-5-16(6-4-14)13-17(20)19-11-8-15(9-12-19)7-10-18-2;/h3-6,15,18H,7-13H2,1-2H3;1H. The van der Waals surface area contributed by atoms with E-state index < -0.39 is 0 Å². The average Bonchev–Trinajstić information content (AvgIpc) is 2.48. The van der Waals surface area contributed by atoms with Crippen molar-refractivity contribution in [3.63, 3.8) is 0 Å². The number of piperidine rings is 1.